The van der Waals surface area contributed by atoms with Gasteiger partial charge in [0.05, 0.1) is 6.21 Å². The van der Waals surface area contributed by atoms with E-state index < -0.39 is 0 Å². The Morgan fingerprint density at radius 2 is 1.85 bits per heavy atom. The summed E-state index contributed by atoms with van der Waals surface area (Å²) in [5, 5.41) is 15.0. The van der Waals surface area contributed by atoms with E-state index in [1.807, 2.05) is 0 Å². The van der Waals surface area contributed by atoms with Crippen LogP contribution in [0.15, 0.2) is 46.6 Å². The lowest BCUT2D eigenvalue weighted by molar-refractivity contribution is 0.455. The second-order valence-corrected chi connectivity index (χ2v) is 4.02. The van der Waals surface area contributed by atoms with Crippen molar-refractivity contribution in [3.05, 3.63) is 47.1 Å². The smallest absolute Gasteiger partial charge is 0.238 e. The lowest BCUT2D eigenvalue weighted by Gasteiger charge is -2.03. The molecule has 0 fully saturated rings. The van der Waals surface area contributed by atoms with E-state index in [1.165, 1.54) is 6.21 Å². The van der Waals surface area contributed by atoms with Crippen molar-refractivity contribution < 1.29 is 4.74 Å². The van der Waals surface area contributed by atoms with Crippen molar-refractivity contribution in [2.45, 2.75) is 0 Å². The molecule has 0 radical (unpaired) electrons. The van der Waals surface area contributed by atoms with Crippen molar-refractivity contribution in [3.63, 3.8) is 0 Å². The fourth-order valence-electron chi connectivity index (χ4n) is 1.26. The van der Waals surface area contributed by atoms with Crippen LogP contribution in [0.3, 0.4) is 0 Å². The minimum Gasteiger partial charge on any atom is -0.438 e. The Kier molecular flexibility index (Phi) is 4.46. The monoisotopic (exact) mass is 290 g/mol. The van der Waals surface area contributed by atoms with E-state index in [9.17, 15) is 0 Å². The van der Waals surface area contributed by atoms with Gasteiger partial charge < -0.3 is 16.2 Å². The predicted octanol–water partition coefficient (Wildman–Crippen LogP) is 1.53. The van der Waals surface area contributed by atoms with Gasteiger partial charge in [0.25, 0.3) is 0 Å². The minimum absolute atomic E-state index is 0.0949. The molecular formula is C12H11ClN6O. The standard InChI is InChI=1S/C12H11ClN6O/c13-10-5-6-11(18-17-10)20-9-3-1-8(2-4-9)7-16-19-12(14)15/h1-7H,(H4,14,15,19). The number of aromatic nitrogens is 2. The van der Waals surface area contributed by atoms with Gasteiger partial charge in [-0.2, -0.15) is 5.10 Å². The molecule has 20 heavy (non-hydrogen) atoms. The molecule has 2 rings (SSSR count). The first-order valence-corrected chi connectivity index (χ1v) is 5.90. The number of rotatable bonds is 4. The van der Waals surface area contributed by atoms with E-state index in [2.05, 4.69) is 20.4 Å². The summed E-state index contributed by atoms with van der Waals surface area (Å²) in [4.78, 5) is 0. The van der Waals surface area contributed by atoms with Gasteiger partial charge in [0.2, 0.25) is 11.8 Å². The number of nitrogens with two attached hydrogens (primary N) is 2. The number of benzene rings is 1. The maximum Gasteiger partial charge on any atom is 0.238 e. The number of halogens is 1. The summed E-state index contributed by atoms with van der Waals surface area (Å²) in [5.74, 6) is 0.874. The van der Waals surface area contributed by atoms with Crippen molar-refractivity contribution in [2.24, 2.45) is 21.7 Å². The second-order valence-electron chi connectivity index (χ2n) is 3.63. The molecule has 1 aromatic carbocycles. The number of hydrogen-bond acceptors (Lipinski definition) is 5. The van der Waals surface area contributed by atoms with Gasteiger partial charge in [-0.15, -0.1) is 15.3 Å². The van der Waals surface area contributed by atoms with Gasteiger partial charge in [0.15, 0.2) is 5.15 Å². The summed E-state index contributed by atoms with van der Waals surface area (Å²) in [5.41, 5.74) is 11.1. The topological polar surface area (TPSA) is 112 Å². The van der Waals surface area contributed by atoms with Gasteiger partial charge in [0, 0.05) is 6.07 Å². The highest BCUT2D eigenvalue weighted by molar-refractivity contribution is 6.29. The lowest BCUT2D eigenvalue weighted by Crippen LogP contribution is -2.21. The number of hydrogen-bond donors (Lipinski definition) is 2. The minimum atomic E-state index is -0.0949. The Hall–Kier alpha value is -2.67. The molecule has 0 aliphatic rings. The normalized spacial score (nSPS) is 10.4. The van der Waals surface area contributed by atoms with Crippen LogP contribution in [0.1, 0.15) is 5.56 Å². The van der Waals surface area contributed by atoms with E-state index >= 15 is 0 Å². The zero-order valence-corrected chi connectivity index (χ0v) is 11.0. The van der Waals surface area contributed by atoms with Crippen LogP contribution in [-0.4, -0.2) is 22.4 Å². The summed E-state index contributed by atoms with van der Waals surface area (Å²) in [6.07, 6.45) is 1.52. The Morgan fingerprint density at radius 1 is 1.10 bits per heavy atom. The summed E-state index contributed by atoms with van der Waals surface area (Å²) in [6.45, 7) is 0. The first kappa shape index (κ1) is 13.8. The SMILES string of the molecule is NC(N)=NN=Cc1ccc(Oc2ccc(Cl)nn2)cc1. The van der Waals surface area contributed by atoms with Gasteiger partial charge in [-0.25, -0.2) is 0 Å². The Labute approximate surface area is 119 Å². The zero-order chi connectivity index (χ0) is 14.4. The molecular weight excluding hydrogens is 280 g/mol. The average molecular weight is 291 g/mol. The fraction of sp³-hybridized carbons (Fsp3) is 0. The third kappa shape index (κ3) is 4.21. The number of guanidine groups is 1. The molecule has 0 amide bonds. The van der Waals surface area contributed by atoms with E-state index in [4.69, 9.17) is 27.8 Å². The molecule has 1 heterocycles. The fourth-order valence-corrected chi connectivity index (χ4v) is 1.36. The molecule has 7 nitrogen and oxygen atoms in total. The molecule has 0 unspecified atom stereocenters. The van der Waals surface area contributed by atoms with Gasteiger partial charge in [-0.1, -0.05) is 11.6 Å². The Balaban J connectivity index is 2.03. The van der Waals surface area contributed by atoms with Crippen LogP contribution >= 0.6 is 11.6 Å². The van der Waals surface area contributed by atoms with Crippen LogP contribution in [-0.2, 0) is 0 Å². The van der Waals surface area contributed by atoms with Gasteiger partial charge in [-0.3, -0.25) is 0 Å². The molecule has 0 aliphatic heterocycles. The van der Waals surface area contributed by atoms with Crippen molar-refractivity contribution in [3.8, 4) is 11.6 Å². The molecule has 0 atom stereocenters. The van der Waals surface area contributed by atoms with Crippen LogP contribution in [0.25, 0.3) is 0 Å². The molecule has 2 aromatic rings. The summed E-state index contributed by atoms with van der Waals surface area (Å²) >= 11 is 5.63. The zero-order valence-electron chi connectivity index (χ0n) is 10.3. The van der Waals surface area contributed by atoms with Gasteiger partial charge in [0.1, 0.15) is 5.75 Å². The molecule has 0 bridgehead atoms. The van der Waals surface area contributed by atoms with Crippen LogP contribution < -0.4 is 16.2 Å². The molecule has 8 heteroatoms. The lowest BCUT2D eigenvalue weighted by atomic mass is 10.2. The van der Waals surface area contributed by atoms with E-state index in [0.29, 0.717) is 16.8 Å². The largest absolute Gasteiger partial charge is 0.438 e. The van der Waals surface area contributed by atoms with Crippen LogP contribution in [0, 0.1) is 0 Å². The van der Waals surface area contributed by atoms with Crippen molar-refractivity contribution in [1.29, 1.82) is 0 Å². The molecule has 1 aromatic heterocycles. The summed E-state index contributed by atoms with van der Waals surface area (Å²) < 4.78 is 5.49. The first-order chi connectivity index (χ1) is 9.63. The second kappa shape index (κ2) is 6.48. The van der Waals surface area contributed by atoms with Crippen molar-refractivity contribution >= 4 is 23.8 Å². The van der Waals surface area contributed by atoms with Crippen molar-refractivity contribution in [1.82, 2.24) is 10.2 Å². The van der Waals surface area contributed by atoms with Gasteiger partial charge >= 0.3 is 0 Å². The Morgan fingerprint density at radius 3 is 2.45 bits per heavy atom. The molecule has 0 spiro atoms. The van der Waals surface area contributed by atoms with E-state index in [0.717, 1.165) is 5.56 Å². The average Bonchev–Trinajstić information content (AvgIpc) is 2.43. The molecule has 102 valence electrons. The molecule has 0 aliphatic carbocycles. The number of nitrogens with zero attached hydrogens (tertiary/aromatic N) is 4. The molecule has 0 saturated carbocycles. The van der Waals surface area contributed by atoms with Crippen molar-refractivity contribution in [2.75, 3.05) is 0 Å². The maximum absolute atomic E-state index is 5.63. The Bertz CT molecular complexity index is 619. The highest BCUT2D eigenvalue weighted by Crippen LogP contribution is 2.19. The quantitative estimate of drug-likeness (QED) is 0.504. The van der Waals surface area contributed by atoms with Gasteiger partial charge in [-0.05, 0) is 35.9 Å². The third-order valence-electron chi connectivity index (χ3n) is 2.09. The summed E-state index contributed by atoms with van der Waals surface area (Å²) in [6, 6.07) is 10.3. The van der Waals surface area contributed by atoms with Crippen LogP contribution in [0.4, 0.5) is 0 Å². The maximum atomic E-state index is 5.63. The molecule has 0 saturated heterocycles. The van der Waals surface area contributed by atoms with Crippen LogP contribution in [0.5, 0.6) is 11.6 Å². The van der Waals surface area contributed by atoms with Crippen LogP contribution in [0.2, 0.25) is 5.15 Å². The first-order valence-electron chi connectivity index (χ1n) is 5.52. The third-order valence-corrected chi connectivity index (χ3v) is 2.29. The highest BCUT2D eigenvalue weighted by atomic mass is 35.5. The predicted molar refractivity (Wildman–Crippen MR) is 77.0 cm³/mol. The summed E-state index contributed by atoms with van der Waals surface area (Å²) in [7, 11) is 0. The van der Waals surface area contributed by atoms with E-state index in [-0.39, 0.29) is 5.96 Å². The van der Waals surface area contributed by atoms with E-state index in [1.54, 1.807) is 36.4 Å². The highest BCUT2D eigenvalue weighted by Gasteiger charge is 1.99. The number of ether oxygens (including phenoxy) is 1. The molecule has 4 N–H and O–H groups in total.